The first-order chi connectivity index (χ1) is 9.64. The summed E-state index contributed by atoms with van der Waals surface area (Å²) in [4.78, 5) is 8.08. The first-order valence-corrected chi connectivity index (χ1v) is 8.58. The van der Waals surface area contributed by atoms with Gasteiger partial charge < -0.3 is 5.73 Å². The Balaban J connectivity index is 1.68. The Kier molecular flexibility index (Phi) is 4.37. The van der Waals surface area contributed by atoms with Crippen LogP contribution in [0.2, 0.25) is 0 Å². The zero-order valence-corrected chi connectivity index (χ0v) is 13.4. The van der Waals surface area contributed by atoms with Gasteiger partial charge in [0.05, 0.1) is 0 Å². The molecular formula is C16H32N4. The Morgan fingerprint density at radius 3 is 2.70 bits per heavy atom. The van der Waals surface area contributed by atoms with Gasteiger partial charge >= 0.3 is 0 Å². The normalized spacial score (nSPS) is 37.5. The van der Waals surface area contributed by atoms with Gasteiger partial charge in [0, 0.05) is 56.9 Å². The van der Waals surface area contributed by atoms with Gasteiger partial charge in [0.1, 0.15) is 0 Å². The molecule has 0 radical (unpaired) electrons. The minimum absolute atomic E-state index is 0.258. The number of likely N-dealkylation sites (tertiary alicyclic amines) is 1. The minimum atomic E-state index is 0.258. The fourth-order valence-electron chi connectivity index (χ4n) is 4.47. The van der Waals surface area contributed by atoms with E-state index in [9.17, 15) is 0 Å². The largest absolute Gasteiger partial charge is 0.329 e. The number of piperazine rings is 1. The molecule has 4 nitrogen and oxygen atoms in total. The maximum Gasteiger partial charge on any atom is 0.0471 e. The predicted octanol–water partition coefficient (Wildman–Crippen LogP) is 0.968. The molecule has 116 valence electrons. The van der Waals surface area contributed by atoms with Crippen LogP contribution in [0.1, 0.15) is 39.5 Å². The predicted molar refractivity (Wildman–Crippen MR) is 83.9 cm³/mol. The summed E-state index contributed by atoms with van der Waals surface area (Å²) in [6, 6.07) is 1.45. The average molecular weight is 280 g/mol. The standard InChI is InChI=1S/C16H32N4/c1-14(2)19-8-6-16(12-17,13-19)20-10-9-18-7-4-3-5-15(18)11-20/h14-15H,3-13,17H2,1-2H3. The number of nitrogens with zero attached hydrogens (tertiary/aromatic N) is 3. The Morgan fingerprint density at radius 2 is 2.00 bits per heavy atom. The van der Waals surface area contributed by atoms with Crippen molar-refractivity contribution in [3.8, 4) is 0 Å². The lowest BCUT2D eigenvalue weighted by Gasteiger charge is -2.50. The van der Waals surface area contributed by atoms with Gasteiger partial charge in [-0.25, -0.2) is 0 Å². The molecule has 4 heteroatoms. The van der Waals surface area contributed by atoms with E-state index in [-0.39, 0.29) is 5.54 Å². The van der Waals surface area contributed by atoms with Crippen molar-refractivity contribution in [3.05, 3.63) is 0 Å². The molecule has 0 aromatic rings. The number of rotatable bonds is 3. The lowest BCUT2D eigenvalue weighted by molar-refractivity contribution is -0.00844. The smallest absolute Gasteiger partial charge is 0.0471 e. The molecule has 3 aliphatic heterocycles. The number of piperidine rings is 1. The maximum absolute atomic E-state index is 6.25. The molecule has 2 N–H and O–H groups in total. The van der Waals surface area contributed by atoms with Gasteiger partial charge in [-0.15, -0.1) is 0 Å². The minimum Gasteiger partial charge on any atom is -0.329 e. The number of nitrogens with two attached hydrogens (primary N) is 1. The number of hydrogen-bond acceptors (Lipinski definition) is 4. The molecule has 2 unspecified atom stereocenters. The molecule has 0 aromatic carbocycles. The topological polar surface area (TPSA) is 35.7 Å². The highest BCUT2D eigenvalue weighted by Crippen LogP contribution is 2.32. The van der Waals surface area contributed by atoms with Crippen molar-refractivity contribution in [3.63, 3.8) is 0 Å². The van der Waals surface area contributed by atoms with E-state index in [1.807, 2.05) is 0 Å². The first-order valence-electron chi connectivity index (χ1n) is 8.58. The molecule has 0 spiro atoms. The second-order valence-corrected chi connectivity index (χ2v) is 7.37. The van der Waals surface area contributed by atoms with E-state index < -0.39 is 0 Å². The van der Waals surface area contributed by atoms with Crippen LogP contribution in [0.25, 0.3) is 0 Å². The first kappa shape index (κ1) is 14.8. The van der Waals surface area contributed by atoms with Gasteiger partial charge in [-0.1, -0.05) is 6.42 Å². The SMILES string of the molecule is CC(C)N1CCC(CN)(N2CCN3CCCCC3C2)C1. The van der Waals surface area contributed by atoms with Crippen LogP contribution < -0.4 is 5.73 Å². The van der Waals surface area contributed by atoms with E-state index in [4.69, 9.17) is 5.73 Å². The second-order valence-electron chi connectivity index (χ2n) is 7.37. The number of hydrogen-bond donors (Lipinski definition) is 1. The fourth-order valence-corrected chi connectivity index (χ4v) is 4.47. The van der Waals surface area contributed by atoms with E-state index in [1.54, 1.807) is 0 Å². The molecule has 0 saturated carbocycles. The summed E-state index contributed by atoms with van der Waals surface area (Å²) in [5, 5.41) is 0. The zero-order valence-electron chi connectivity index (χ0n) is 13.4. The van der Waals surface area contributed by atoms with Crippen LogP contribution in [-0.4, -0.2) is 78.1 Å². The Hall–Kier alpha value is -0.160. The van der Waals surface area contributed by atoms with Crippen molar-refractivity contribution in [2.24, 2.45) is 5.73 Å². The maximum atomic E-state index is 6.25. The number of fused-ring (bicyclic) bond motifs is 1. The van der Waals surface area contributed by atoms with Gasteiger partial charge in [-0.05, 0) is 39.7 Å². The third-order valence-corrected chi connectivity index (χ3v) is 5.98. The Bertz CT molecular complexity index is 332. The third-order valence-electron chi connectivity index (χ3n) is 5.98. The van der Waals surface area contributed by atoms with Crippen LogP contribution in [0.4, 0.5) is 0 Å². The molecule has 0 bridgehead atoms. The highest BCUT2D eigenvalue weighted by molar-refractivity contribution is 5.03. The van der Waals surface area contributed by atoms with Crippen molar-refractivity contribution in [2.75, 3.05) is 45.8 Å². The van der Waals surface area contributed by atoms with E-state index in [1.165, 1.54) is 65.0 Å². The van der Waals surface area contributed by atoms with E-state index in [2.05, 4.69) is 28.5 Å². The summed E-state index contributed by atoms with van der Waals surface area (Å²) in [6.07, 6.45) is 5.47. The summed E-state index contributed by atoms with van der Waals surface area (Å²) >= 11 is 0. The summed E-state index contributed by atoms with van der Waals surface area (Å²) in [6.45, 7) is 12.9. The molecule has 0 aliphatic carbocycles. The van der Waals surface area contributed by atoms with Crippen molar-refractivity contribution in [1.29, 1.82) is 0 Å². The molecule has 0 aromatic heterocycles. The molecule has 3 saturated heterocycles. The van der Waals surface area contributed by atoms with Gasteiger partial charge in [0.25, 0.3) is 0 Å². The molecular weight excluding hydrogens is 248 g/mol. The van der Waals surface area contributed by atoms with Crippen LogP contribution >= 0.6 is 0 Å². The summed E-state index contributed by atoms with van der Waals surface area (Å²) in [5.74, 6) is 0. The monoisotopic (exact) mass is 280 g/mol. The van der Waals surface area contributed by atoms with Gasteiger partial charge in [0.15, 0.2) is 0 Å². The van der Waals surface area contributed by atoms with Gasteiger partial charge in [-0.2, -0.15) is 0 Å². The van der Waals surface area contributed by atoms with Crippen LogP contribution in [0.5, 0.6) is 0 Å². The third kappa shape index (κ3) is 2.63. The van der Waals surface area contributed by atoms with Crippen molar-refractivity contribution in [2.45, 2.75) is 57.2 Å². The molecule has 3 rings (SSSR count). The molecule has 3 fully saturated rings. The average Bonchev–Trinajstić information content (AvgIpc) is 2.93. The lowest BCUT2D eigenvalue weighted by Crippen LogP contribution is -2.64. The Labute approximate surface area is 124 Å². The van der Waals surface area contributed by atoms with Crippen molar-refractivity contribution < 1.29 is 0 Å². The zero-order chi connectivity index (χ0) is 14.2. The molecule has 2 atom stereocenters. The summed E-state index contributed by atoms with van der Waals surface area (Å²) in [5.41, 5.74) is 6.51. The van der Waals surface area contributed by atoms with E-state index in [0.29, 0.717) is 6.04 Å². The molecule has 20 heavy (non-hydrogen) atoms. The van der Waals surface area contributed by atoms with E-state index >= 15 is 0 Å². The second kappa shape index (κ2) is 5.91. The van der Waals surface area contributed by atoms with Crippen molar-refractivity contribution >= 4 is 0 Å². The molecule has 3 aliphatic rings. The summed E-state index contributed by atoms with van der Waals surface area (Å²) < 4.78 is 0. The van der Waals surface area contributed by atoms with Gasteiger partial charge in [-0.3, -0.25) is 14.7 Å². The van der Waals surface area contributed by atoms with E-state index in [0.717, 1.165) is 12.6 Å². The quantitative estimate of drug-likeness (QED) is 0.835. The van der Waals surface area contributed by atoms with Crippen LogP contribution in [0, 0.1) is 0 Å². The van der Waals surface area contributed by atoms with Crippen LogP contribution in [0.3, 0.4) is 0 Å². The van der Waals surface area contributed by atoms with Gasteiger partial charge in [0.2, 0.25) is 0 Å². The lowest BCUT2D eigenvalue weighted by atomic mass is 9.91. The fraction of sp³-hybridized carbons (Fsp3) is 1.00. The Morgan fingerprint density at radius 1 is 1.15 bits per heavy atom. The molecule has 0 amide bonds. The van der Waals surface area contributed by atoms with Crippen molar-refractivity contribution in [1.82, 2.24) is 14.7 Å². The summed E-state index contributed by atoms with van der Waals surface area (Å²) in [7, 11) is 0. The van der Waals surface area contributed by atoms with Crippen LogP contribution in [-0.2, 0) is 0 Å². The highest BCUT2D eigenvalue weighted by atomic mass is 15.4. The highest BCUT2D eigenvalue weighted by Gasteiger charge is 2.45. The van der Waals surface area contributed by atoms with Crippen LogP contribution in [0.15, 0.2) is 0 Å². The molecule has 3 heterocycles.